The summed E-state index contributed by atoms with van der Waals surface area (Å²) in [5, 5.41) is 0. The van der Waals surface area contributed by atoms with Gasteiger partial charge in [-0.25, -0.2) is 4.98 Å². The maximum absolute atomic E-state index is 11.6. The first kappa shape index (κ1) is 11.3. The fraction of sp³-hybridized carbons (Fsp3) is 0.636. The van der Waals surface area contributed by atoms with Crippen molar-refractivity contribution in [1.82, 2.24) is 14.5 Å². The lowest BCUT2D eigenvalue weighted by Gasteiger charge is -2.26. The molecule has 5 heteroatoms. The fourth-order valence-electron chi connectivity index (χ4n) is 1.76. The number of hydrogen-bond acceptors (Lipinski definition) is 4. The van der Waals surface area contributed by atoms with Crippen molar-refractivity contribution < 1.29 is 4.74 Å². The second-order valence-electron chi connectivity index (χ2n) is 4.02. The van der Waals surface area contributed by atoms with Gasteiger partial charge in [0.05, 0.1) is 19.5 Å². The molecule has 88 valence electrons. The van der Waals surface area contributed by atoms with E-state index in [2.05, 4.69) is 9.88 Å². The van der Waals surface area contributed by atoms with Crippen LogP contribution >= 0.6 is 0 Å². The van der Waals surface area contributed by atoms with Gasteiger partial charge in [0.25, 0.3) is 5.56 Å². The van der Waals surface area contributed by atoms with Crippen molar-refractivity contribution in [3.63, 3.8) is 0 Å². The summed E-state index contributed by atoms with van der Waals surface area (Å²) in [5.74, 6) is 0. The molecule has 1 aliphatic heterocycles. The lowest BCUT2D eigenvalue weighted by atomic mass is 10.4. The summed E-state index contributed by atoms with van der Waals surface area (Å²) >= 11 is 0. The second kappa shape index (κ2) is 5.23. The van der Waals surface area contributed by atoms with E-state index in [-0.39, 0.29) is 5.56 Å². The molecule has 0 amide bonds. The zero-order valence-electron chi connectivity index (χ0n) is 9.56. The van der Waals surface area contributed by atoms with Crippen LogP contribution in [0.25, 0.3) is 0 Å². The summed E-state index contributed by atoms with van der Waals surface area (Å²) in [7, 11) is 0. The standard InChI is InChI=1S/C11H17N3O2/c1-10-8-11(15)14(9-12-10)3-2-13-4-6-16-7-5-13/h8-9H,2-7H2,1H3. The van der Waals surface area contributed by atoms with E-state index in [4.69, 9.17) is 4.74 Å². The Morgan fingerprint density at radius 1 is 1.38 bits per heavy atom. The Balaban J connectivity index is 1.91. The molecular weight excluding hydrogens is 206 g/mol. The minimum atomic E-state index is 0.0285. The summed E-state index contributed by atoms with van der Waals surface area (Å²) in [6.45, 7) is 6.90. The Labute approximate surface area is 94.7 Å². The average Bonchev–Trinajstić information content (AvgIpc) is 2.29. The molecule has 1 aromatic heterocycles. The maximum atomic E-state index is 11.6. The van der Waals surface area contributed by atoms with Gasteiger partial charge in [-0.3, -0.25) is 14.3 Å². The van der Waals surface area contributed by atoms with Crippen molar-refractivity contribution in [3.05, 3.63) is 28.4 Å². The molecule has 0 aromatic carbocycles. The van der Waals surface area contributed by atoms with Crippen LogP contribution in [0.3, 0.4) is 0 Å². The predicted molar refractivity (Wildman–Crippen MR) is 60.5 cm³/mol. The number of hydrogen-bond donors (Lipinski definition) is 0. The number of aromatic nitrogens is 2. The van der Waals surface area contributed by atoms with Gasteiger partial charge in [0.2, 0.25) is 0 Å². The van der Waals surface area contributed by atoms with E-state index in [1.165, 1.54) is 0 Å². The molecule has 0 aliphatic carbocycles. The van der Waals surface area contributed by atoms with Crippen LogP contribution in [-0.2, 0) is 11.3 Å². The van der Waals surface area contributed by atoms with Crippen molar-refractivity contribution in [3.8, 4) is 0 Å². The quantitative estimate of drug-likeness (QED) is 0.717. The molecular formula is C11H17N3O2. The zero-order chi connectivity index (χ0) is 11.4. The Morgan fingerprint density at radius 3 is 2.81 bits per heavy atom. The highest BCUT2D eigenvalue weighted by atomic mass is 16.5. The summed E-state index contributed by atoms with van der Waals surface area (Å²) in [5.41, 5.74) is 0.799. The van der Waals surface area contributed by atoms with E-state index in [0.717, 1.165) is 38.5 Å². The molecule has 5 nitrogen and oxygen atoms in total. The number of nitrogens with zero attached hydrogens (tertiary/aromatic N) is 3. The van der Waals surface area contributed by atoms with Gasteiger partial charge in [-0.2, -0.15) is 0 Å². The Kier molecular flexibility index (Phi) is 3.69. The normalized spacial score (nSPS) is 17.6. The van der Waals surface area contributed by atoms with E-state index in [9.17, 15) is 4.79 Å². The number of morpholine rings is 1. The Hall–Kier alpha value is -1.20. The van der Waals surface area contributed by atoms with Crippen LogP contribution in [0.5, 0.6) is 0 Å². The minimum Gasteiger partial charge on any atom is -0.379 e. The van der Waals surface area contributed by atoms with Gasteiger partial charge in [-0.15, -0.1) is 0 Å². The Bertz CT molecular complexity index is 396. The molecule has 0 bridgehead atoms. The van der Waals surface area contributed by atoms with E-state index in [1.54, 1.807) is 17.0 Å². The molecule has 1 aromatic rings. The van der Waals surface area contributed by atoms with Crippen molar-refractivity contribution in [2.75, 3.05) is 32.8 Å². The molecule has 16 heavy (non-hydrogen) atoms. The van der Waals surface area contributed by atoms with Gasteiger partial charge in [0.1, 0.15) is 0 Å². The molecule has 0 spiro atoms. The molecule has 0 saturated carbocycles. The van der Waals surface area contributed by atoms with Crippen LogP contribution in [-0.4, -0.2) is 47.3 Å². The highest BCUT2D eigenvalue weighted by Crippen LogP contribution is 1.96. The van der Waals surface area contributed by atoms with Crippen molar-refractivity contribution in [1.29, 1.82) is 0 Å². The lowest BCUT2D eigenvalue weighted by molar-refractivity contribution is 0.0362. The highest BCUT2D eigenvalue weighted by Gasteiger charge is 2.09. The van der Waals surface area contributed by atoms with Crippen LogP contribution in [0.4, 0.5) is 0 Å². The van der Waals surface area contributed by atoms with Crippen LogP contribution in [0, 0.1) is 6.92 Å². The minimum absolute atomic E-state index is 0.0285. The summed E-state index contributed by atoms with van der Waals surface area (Å²) in [6, 6.07) is 1.57. The van der Waals surface area contributed by atoms with Crippen molar-refractivity contribution in [2.24, 2.45) is 0 Å². The van der Waals surface area contributed by atoms with Crippen LogP contribution in [0.1, 0.15) is 5.69 Å². The summed E-state index contributed by atoms with van der Waals surface area (Å²) < 4.78 is 6.92. The fourth-order valence-corrected chi connectivity index (χ4v) is 1.76. The van der Waals surface area contributed by atoms with Gasteiger partial charge in [0.15, 0.2) is 0 Å². The zero-order valence-corrected chi connectivity index (χ0v) is 9.56. The van der Waals surface area contributed by atoms with Gasteiger partial charge in [0, 0.05) is 37.9 Å². The van der Waals surface area contributed by atoms with E-state index in [0.29, 0.717) is 6.54 Å². The summed E-state index contributed by atoms with van der Waals surface area (Å²) in [4.78, 5) is 18.0. The van der Waals surface area contributed by atoms with Crippen LogP contribution in [0.2, 0.25) is 0 Å². The third kappa shape index (κ3) is 2.90. The van der Waals surface area contributed by atoms with Crippen LogP contribution < -0.4 is 5.56 Å². The first-order valence-electron chi connectivity index (χ1n) is 5.59. The molecule has 1 fully saturated rings. The van der Waals surface area contributed by atoms with E-state index < -0.39 is 0 Å². The molecule has 0 atom stereocenters. The highest BCUT2D eigenvalue weighted by molar-refractivity contribution is 4.95. The molecule has 2 heterocycles. The van der Waals surface area contributed by atoms with Gasteiger partial charge >= 0.3 is 0 Å². The van der Waals surface area contributed by atoms with E-state index >= 15 is 0 Å². The molecule has 0 unspecified atom stereocenters. The number of aryl methyl sites for hydroxylation is 1. The predicted octanol–water partition coefficient (Wildman–Crippen LogP) is -0.116. The first-order valence-corrected chi connectivity index (χ1v) is 5.59. The third-order valence-electron chi connectivity index (χ3n) is 2.78. The van der Waals surface area contributed by atoms with Gasteiger partial charge < -0.3 is 4.74 Å². The molecule has 1 aliphatic rings. The summed E-state index contributed by atoms with van der Waals surface area (Å²) in [6.07, 6.45) is 1.62. The van der Waals surface area contributed by atoms with Crippen molar-refractivity contribution in [2.45, 2.75) is 13.5 Å². The van der Waals surface area contributed by atoms with E-state index in [1.807, 2.05) is 6.92 Å². The number of rotatable bonds is 3. The maximum Gasteiger partial charge on any atom is 0.253 e. The topological polar surface area (TPSA) is 47.4 Å². The van der Waals surface area contributed by atoms with Crippen LogP contribution in [0.15, 0.2) is 17.2 Å². The molecule has 0 N–H and O–H groups in total. The SMILES string of the molecule is Cc1cc(=O)n(CCN2CCOCC2)cn1. The largest absolute Gasteiger partial charge is 0.379 e. The Morgan fingerprint density at radius 2 is 2.12 bits per heavy atom. The second-order valence-corrected chi connectivity index (χ2v) is 4.02. The molecule has 2 rings (SSSR count). The lowest BCUT2D eigenvalue weighted by Crippen LogP contribution is -2.39. The van der Waals surface area contributed by atoms with Gasteiger partial charge in [-0.1, -0.05) is 0 Å². The third-order valence-corrected chi connectivity index (χ3v) is 2.78. The van der Waals surface area contributed by atoms with Crippen molar-refractivity contribution >= 4 is 0 Å². The monoisotopic (exact) mass is 223 g/mol. The molecule has 0 radical (unpaired) electrons. The number of ether oxygens (including phenoxy) is 1. The molecule has 1 saturated heterocycles. The van der Waals surface area contributed by atoms with Gasteiger partial charge in [-0.05, 0) is 6.92 Å². The average molecular weight is 223 g/mol. The smallest absolute Gasteiger partial charge is 0.253 e. The first-order chi connectivity index (χ1) is 7.75.